The van der Waals surface area contributed by atoms with Gasteiger partial charge in [0.1, 0.15) is 12.0 Å². The Balaban J connectivity index is 3.11. The second-order valence-electron chi connectivity index (χ2n) is 3.71. The number of nitrogens with zero attached hydrogens (tertiary/aromatic N) is 2. The number of halogens is 3. The lowest BCUT2D eigenvalue weighted by Crippen LogP contribution is -2.11. The van der Waals surface area contributed by atoms with Crippen molar-refractivity contribution >= 4 is 16.1 Å². The molecule has 1 N–H and O–H groups in total. The molecule has 2 atom stereocenters. The van der Waals surface area contributed by atoms with Crippen molar-refractivity contribution < 1.29 is 17.4 Å². The molecule has 1 aromatic rings. The summed E-state index contributed by atoms with van der Waals surface area (Å²) in [6.07, 6.45) is -1.43. The van der Waals surface area contributed by atoms with Crippen LogP contribution >= 0.6 is 0 Å². The van der Waals surface area contributed by atoms with E-state index in [2.05, 4.69) is 9.35 Å². The van der Waals surface area contributed by atoms with Crippen molar-refractivity contribution in [2.45, 2.75) is 18.3 Å². The Morgan fingerprint density at radius 3 is 2.50 bits per heavy atom. The van der Waals surface area contributed by atoms with E-state index in [4.69, 9.17) is 5.41 Å². The van der Waals surface area contributed by atoms with Crippen LogP contribution in [0.25, 0.3) is 0 Å². The highest BCUT2D eigenvalue weighted by Gasteiger charge is 2.32. The SMILES string of the molecule is C[C@H](c1ccc(C(F)(F)F)nc1)[S@](C)(=O)=NC=N. The van der Waals surface area contributed by atoms with Gasteiger partial charge in [-0.2, -0.15) is 17.5 Å². The van der Waals surface area contributed by atoms with Crippen LogP contribution in [0.4, 0.5) is 13.2 Å². The first kappa shape index (κ1) is 14.6. The van der Waals surface area contributed by atoms with E-state index < -0.39 is 26.8 Å². The summed E-state index contributed by atoms with van der Waals surface area (Å²) >= 11 is 0. The first-order valence-electron chi connectivity index (χ1n) is 4.90. The van der Waals surface area contributed by atoms with Crippen LogP contribution in [-0.4, -0.2) is 21.8 Å². The van der Waals surface area contributed by atoms with Gasteiger partial charge in [0.25, 0.3) is 0 Å². The number of hydrogen-bond acceptors (Lipinski definition) is 3. The van der Waals surface area contributed by atoms with Gasteiger partial charge in [-0.15, -0.1) is 0 Å². The molecular formula is C10H12F3N3OS. The van der Waals surface area contributed by atoms with Gasteiger partial charge in [-0.05, 0) is 18.6 Å². The third-order valence-electron chi connectivity index (χ3n) is 2.46. The van der Waals surface area contributed by atoms with Crippen LogP contribution in [0.3, 0.4) is 0 Å². The van der Waals surface area contributed by atoms with Crippen molar-refractivity contribution in [3.63, 3.8) is 0 Å². The second kappa shape index (κ2) is 5.05. The summed E-state index contributed by atoms with van der Waals surface area (Å²) in [7, 11) is -2.70. The summed E-state index contributed by atoms with van der Waals surface area (Å²) in [5.74, 6) is 0. The minimum Gasteiger partial charge on any atom is -0.289 e. The molecule has 0 aromatic carbocycles. The topological polar surface area (TPSA) is 66.2 Å². The first-order chi connectivity index (χ1) is 8.18. The summed E-state index contributed by atoms with van der Waals surface area (Å²) < 4.78 is 52.4. The van der Waals surface area contributed by atoms with Crippen LogP contribution in [0.5, 0.6) is 0 Å². The number of pyridine rings is 1. The quantitative estimate of drug-likeness (QED) is 0.683. The van der Waals surface area contributed by atoms with Gasteiger partial charge in [0.2, 0.25) is 0 Å². The number of nitrogens with one attached hydrogen (secondary N) is 1. The Hall–Kier alpha value is -1.44. The fraction of sp³-hybridized carbons (Fsp3) is 0.400. The molecular weight excluding hydrogens is 267 g/mol. The Morgan fingerprint density at radius 2 is 2.11 bits per heavy atom. The second-order valence-corrected chi connectivity index (χ2v) is 6.35. The predicted octanol–water partition coefficient (Wildman–Crippen LogP) is 2.87. The van der Waals surface area contributed by atoms with Gasteiger partial charge >= 0.3 is 6.18 Å². The predicted molar refractivity (Wildman–Crippen MR) is 62.9 cm³/mol. The molecule has 18 heavy (non-hydrogen) atoms. The van der Waals surface area contributed by atoms with Crippen LogP contribution in [0.1, 0.15) is 23.4 Å². The summed E-state index contributed by atoms with van der Waals surface area (Å²) in [5, 5.41) is 6.19. The van der Waals surface area contributed by atoms with E-state index in [9.17, 15) is 17.4 Å². The maximum Gasteiger partial charge on any atom is 0.433 e. The Bertz CT molecular complexity index is 544. The van der Waals surface area contributed by atoms with Crippen molar-refractivity contribution in [1.29, 1.82) is 5.41 Å². The van der Waals surface area contributed by atoms with E-state index >= 15 is 0 Å². The summed E-state index contributed by atoms with van der Waals surface area (Å²) in [4.78, 5) is 3.30. The number of alkyl halides is 3. The zero-order valence-corrected chi connectivity index (χ0v) is 10.5. The third-order valence-corrected chi connectivity index (χ3v) is 4.57. The molecule has 100 valence electrons. The fourth-order valence-electron chi connectivity index (χ4n) is 1.26. The van der Waals surface area contributed by atoms with Gasteiger partial charge < -0.3 is 0 Å². The maximum atomic E-state index is 12.3. The van der Waals surface area contributed by atoms with Crippen LogP contribution < -0.4 is 0 Å². The summed E-state index contributed by atoms with van der Waals surface area (Å²) in [5.41, 5.74) is -0.605. The molecule has 0 aliphatic rings. The van der Waals surface area contributed by atoms with E-state index in [-0.39, 0.29) is 0 Å². The molecule has 1 heterocycles. The lowest BCUT2D eigenvalue weighted by Gasteiger charge is -2.14. The summed E-state index contributed by atoms with van der Waals surface area (Å²) in [6.45, 7) is 1.57. The smallest absolute Gasteiger partial charge is 0.289 e. The lowest BCUT2D eigenvalue weighted by atomic mass is 10.2. The number of rotatable bonds is 3. The Labute approximate surface area is 103 Å². The highest BCUT2D eigenvalue weighted by atomic mass is 32.2. The van der Waals surface area contributed by atoms with E-state index in [1.165, 1.54) is 12.3 Å². The van der Waals surface area contributed by atoms with Crippen LogP contribution in [0, 0.1) is 5.41 Å². The zero-order chi connectivity index (χ0) is 14.0. The standard InChI is InChI=1S/C10H12F3N3OS/c1-7(18(2,17)16-6-14)8-3-4-9(15-5-8)10(11,12)13/h3-7,14H,1-2H3/t7-,18+/m1/s1. The van der Waals surface area contributed by atoms with E-state index in [1.807, 2.05) is 0 Å². The molecule has 1 aromatic heterocycles. The highest BCUT2D eigenvalue weighted by molar-refractivity contribution is 7.93. The van der Waals surface area contributed by atoms with Gasteiger partial charge in [-0.3, -0.25) is 10.4 Å². The molecule has 0 radical (unpaired) electrons. The molecule has 0 aliphatic carbocycles. The first-order valence-corrected chi connectivity index (χ1v) is 6.89. The summed E-state index contributed by atoms with van der Waals surface area (Å²) in [6, 6.07) is 2.06. The van der Waals surface area contributed by atoms with Crippen molar-refractivity contribution in [2.75, 3.05) is 6.26 Å². The minimum atomic E-state index is -4.49. The molecule has 0 fully saturated rings. The van der Waals surface area contributed by atoms with Crippen molar-refractivity contribution in [3.05, 3.63) is 29.6 Å². The van der Waals surface area contributed by atoms with Crippen LogP contribution in [0.2, 0.25) is 0 Å². The monoisotopic (exact) mass is 279 g/mol. The Kier molecular flexibility index (Phi) is 4.10. The molecule has 1 rings (SSSR count). The van der Waals surface area contributed by atoms with Gasteiger partial charge in [0.05, 0.1) is 15.0 Å². The van der Waals surface area contributed by atoms with E-state index in [0.29, 0.717) is 11.9 Å². The molecule has 0 spiro atoms. The normalized spacial score (nSPS) is 16.7. The minimum absolute atomic E-state index is 0.390. The molecule has 0 unspecified atom stereocenters. The number of hydrogen-bond donors (Lipinski definition) is 1. The highest BCUT2D eigenvalue weighted by Crippen LogP contribution is 2.29. The Morgan fingerprint density at radius 1 is 1.50 bits per heavy atom. The molecule has 0 bridgehead atoms. The molecule has 8 heteroatoms. The molecule has 0 aliphatic heterocycles. The number of aromatic nitrogens is 1. The van der Waals surface area contributed by atoms with E-state index in [0.717, 1.165) is 12.3 Å². The average Bonchev–Trinajstić information content (AvgIpc) is 2.27. The molecule has 4 nitrogen and oxygen atoms in total. The fourth-order valence-corrected chi connectivity index (χ4v) is 2.30. The molecule has 0 amide bonds. The largest absolute Gasteiger partial charge is 0.433 e. The van der Waals surface area contributed by atoms with Crippen LogP contribution in [0.15, 0.2) is 22.7 Å². The van der Waals surface area contributed by atoms with Crippen molar-refractivity contribution in [3.8, 4) is 0 Å². The lowest BCUT2D eigenvalue weighted by molar-refractivity contribution is -0.141. The zero-order valence-electron chi connectivity index (χ0n) is 9.73. The van der Waals surface area contributed by atoms with Gasteiger partial charge in [0, 0.05) is 12.5 Å². The maximum absolute atomic E-state index is 12.3. The van der Waals surface area contributed by atoms with Crippen molar-refractivity contribution in [1.82, 2.24) is 4.98 Å². The van der Waals surface area contributed by atoms with Gasteiger partial charge in [0.15, 0.2) is 0 Å². The third kappa shape index (κ3) is 3.28. The van der Waals surface area contributed by atoms with Crippen molar-refractivity contribution in [2.24, 2.45) is 4.36 Å². The van der Waals surface area contributed by atoms with E-state index in [1.54, 1.807) is 6.92 Å². The molecule has 0 saturated heterocycles. The molecule has 0 saturated carbocycles. The van der Waals surface area contributed by atoms with Gasteiger partial charge in [-0.25, -0.2) is 4.21 Å². The average molecular weight is 279 g/mol. The van der Waals surface area contributed by atoms with Gasteiger partial charge in [-0.1, -0.05) is 6.07 Å². The van der Waals surface area contributed by atoms with Crippen LogP contribution in [-0.2, 0) is 15.9 Å².